The lowest BCUT2D eigenvalue weighted by molar-refractivity contribution is -0.143. The standard InChI is InChI=1S/C21H30N4O10/c1-35-16-4-2-15(3-5-16)22-17(26)10-24(12-19(29)30)8-6-23(11-18(27)28)7-9-25(13-20(31)32)14-21(33)34/h2-5H,6-14H2,1H3,(H,22,26)(H,27,28)(H,29,30)(H,31,32)(H,33,34). The Balaban J connectivity index is 2.75. The number of nitrogens with zero attached hydrogens (tertiary/aromatic N) is 3. The van der Waals surface area contributed by atoms with E-state index in [9.17, 15) is 34.2 Å². The summed E-state index contributed by atoms with van der Waals surface area (Å²) in [6, 6.07) is 6.53. The topological polar surface area (TPSA) is 197 Å². The van der Waals surface area contributed by atoms with E-state index in [4.69, 9.17) is 14.9 Å². The molecule has 0 heterocycles. The third kappa shape index (κ3) is 13.5. The molecule has 0 bridgehead atoms. The number of carbonyl (C=O) groups is 5. The molecule has 14 heteroatoms. The lowest BCUT2D eigenvalue weighted by atomic mass is 10.3. The van der Waals surface area contributed by atoms with Crippen molar-refractivity contribution >= 4 is 35.5 Å². The fourth-order valence-electron chi connectivity index (χ4n) is 3.11. The third-order valence-corrected chi connectivity index (χ3v) is 4.64. The Morgan fingerprint density at radius 3 is 1.43 bits per heavy atom. The van der Waals surface area contributed by atoms with E-state index >= 15 is 0 Å². The van der Waals surface area contributed by atoms with Crippen molar-refractivity contribution in [2.45, 2.75) is 0 Å². The quantitative estimate of drug-likeness (QED) is 0.163. The highest BCUT2D eigenvalue weighted by Gasteiger charge is 2.19. The van der Waals surface area contributed by atoms with Crippen LogP contribution >= 0.6 is 0 Å². The summed E-state index contributed by atoms with van der Waals surface area (Å²) in [6.07, 6.45) is 0. The highest BCUT2D eigenvalue weighted by atomic mass is 16.5. The Labute approximate surface area is 201 Å². The molecule has 0 aliphatic rings. The van der Waals surface area contributed by atoms with E-state index in [1.165, 1.54) is 16.9 Å². The largest absolute Gasteiger partial charge is 0.497 e. The average molecular weight is 498 g/mol. The van der Waals surface area contributed by atoms with Crippen LogP contribution in [0.3, 0.4) is 0 Å². The Morgan fingerprint density at radius 2 is 1.03 bits per heavy atom. The van der Waals surface area contributed by atoms with Crippen LogP contribution in [-0.2, 0) is 24.0 Å². The van der Waals surface area contributed by atoms with Gasteiger partial charge >= 0.3 is 23.9 Å². The minimum absolute atomic E-state index is 0.0197. The Kier molecular flexibility index (Phi) is 12.7. The van der Waals surface area contributed by atoms with Crippen molar-refractivity contribution in [2.75, 3.05) is 71.3 Å². The first-order valence-electron chi connectivity index (χ1n) is 10.5. The van der Waals surface area contributed by atoms with Crippen LogP contribution < -0.4 is 10.1 Å². The molecular weight excluding hydrogens is 468 g/mol. The number of carboxylic acid groups (broad SMARTS) is 4. The molecule has 0 spiro atoms. The maximum absolute atomic E-state index is 12.4. The summed E-state index contributed by atoms with van der Waals surface area (Å²) in [5, 5.41) is 38.9. The number of carbonyl (C=O) groups excluding carboxylic acids is 1. The summed E-state index contributed by atoms with van der Waals surface area (Å²) in [4.78, 5) is 60.7. The van der Waals surface area contributed by atoms with Crippen LogP contribution in [0.5, 0.6) is 5.75 Å². The molecule has 194 valence electrons. The second kappa shape index (κ2) is 15.2. The van der Waals surface area contributed by atoms with Gasteiger partial charge in [-0.05, 0) is 24.3 Å². The molecule has 14 nitrogen and oxygen atoms in total. The number of methoxy groups -OCH3 is 1. The zero-order valence-corrected chi connectivity index (χ0v) is 19.3. The first-order valence-corrected chi connectivity index (χ1v) is 10.5. The zero-order chi connectivity index (χ0) is 26.4. The van der Waals surface area contributed by atoms with Gasteiger partial charge in [-0.25, -0.2) is 0 Å². The molecule has 0 saturated carbocycles. The van der Waals surface area contributed by atoms with Crippen molar-refractivity contribution in [2.24, 2.45) is 0 Å². The van der Waals surface area contributed by atoms with Gasteiger partial charge in [-0.3, -0.25) is 38.7 Å². The number of amides is 1. The van der Waals surface area contributed by atoms with Gasteiger partial charge in [0.15, 0.2) is 0 Å². The van der Waals surface area contributed by atoms with Crippen molar-refractivity contribution in [3.63, 3.8) is 0 Å². The summed E-state index contributed by atoms with van der Waals surface area (Å²) in [7, 11) is 1.50. The van der Waals surface area contributed by atoms with Crippen LogP contribution in [0.25, 0.3) is 0 Å². The van der Waals surface area contributed by atoms with Gasteiger partial charge in [0, 0.05) is 31.9 Å². The lowest BCUT2D eigenvalue weighted by Crippen LogP contribution is -2.46. The van der Waals surface area contributed by atoms with E-state index in [1.807, 2.05) is 0 Å². The molecular formula is C21H30N4O10. The lowest BCUT2D eigenvalue weighted by Gasteiger charge is -2.27. The predicted molar refractivity (Wildman–Crippen MR) is 121 cm³/mol. The highest BCUT2D eigenvalue weighted by molar-refractivity contribution is 5.92. The Bertz CT molecular complexity index is 861. The van der Waals surface area contributed by atoms with E-state index in [0.29, 0.717) is 11.4 Å². The third-order valence-electron chi connectivity index (χ3n) is 4.64. The van der Waals surface area contributed by atoms with Gasteiger partial charge in [-0.1, -0.05) is 0 Å². The number of aliphatic carboxylic acids is 4. The van der Waals surface area contributed by atoms with E-state index < -0.39 is 56.0 Å². The van der Waals surface area contributed by atoms with E-state index in [-0.39, 0.29) is 32.7 Å². The highest BCUT2D eigenvalue weighted by Crippen LogP contribution is 2.14. The summed E-state index contributed by atoms with van der Waals surface area (Å²) in [5.74, 6) is -4.69. The Morgan fingerprint density at radius 1 is 0.657 bits per heavy atom. The average Bonchev–Trinajstić information content (AvgIpc) is 2.74. The van der Waals surface area contributed by atoms with Gasteiger partial charge < -0.3 is 30.5 Å². The van der Waals surface area contributed by atoms with Gasteiger partial charge in [-0.2, -0.15) is 0 Å². The monoisotopic (exact) mass is 498 g/mol. The van der Waals surface area contributed by atoms with Crippen molar-refractivity contribution in [3.05, 3.63) is 24.3 Å². The summed E-state index contributed by atoms with van der Waals surface area (Å²) in [6.45, 7) is -2.21. The first-order chi connectivity index (χ1) is 16.5. The van der Waals surface area contributed by atoms with Crippen LogP contribution in [-0.4, -0.2) is 131 Å². The molecule has 0 fully saturated rings. The first kappa shape index (κ1) is 29.3. The number of hydrogen-bond acceptors (Lipinski definition) is 9. The van der Waals surface area contributed by atoms with Crippen LogP contribution in [0.4, 0.5) is 5.69 Å². The van der Waals surface area contributed by atoms with Gasteiger partial charge in [0.1, 0.15) is 5.75 Å². The molecule has 1 aromatic carbocycles. The SMILES string of the molecule is COc1ccc(NC(=O)CN(CCN(CCN(CC(=O)O)CC(=O)O)CC(=O)O)CC(=O)O)cc1. The second-order valence-electron chi connectivity index (χ2n) is 7.55. The summed E-state index contributed by atoms with van der Waals surface area (Å²) < 4.78 is 5.04. The number of hydrogen-bond donors (Lipinski definition) is 5. The molecule has 0 saturated heterocycles. The molecule has 0 atom stereocenters. The number of nitrogens with one attached hydrogen (secondary N) is 1. The van der Waals surface area contributed by atoms with E-state index in [0.717, 1.165) is 4.90 Å². The van der Waals surface area contributed by atoms with Crippen molar-refractivity contribution < 1.29 is 49.1 Å². The van der Waals surface area contributed by atoms with Crippen LogP contribution in [0.2, 0.25) is 0 Å². The number of anilines is 1. The fraction of sp³-hybridized carbons (Fsp3) is 0.476. The van der Waals surface area contributed by atoms with E-state index in [2.05, 4.69) is 5.32 Å². The maximum Gasteiger partial charge on any atom is 0.317 e. The van der Waals surface area contributed by atoms with Gasteiger partial charge in [0.05, 0.1) is 39.8 Å². The fourth-order valence-corrected chi connectivity index (χ4v) is 3.11. The van der Waals surface area contributed by atoms with Crippen molar-refractivity contribution in [3.8, 4) is 5.75 Å². The maximum atomic E-state index is 12.4. The minimum atomic E-state index is -1.23. The summed E-state index contributed by atoms with van der Waals surface area (Å²) >= 11 is 0. The number of rotatable bonds is 18. The van der Waals surface area contributed by atoms with Crippen LogP contribution in [0.15, 0.2) is 24.3 Å². The molecule has 1 amide bonds. The molecule has 1 aromatic rings. The van der Waals surface area contributed by atoms with Crippen molar-refractivity contribution in [1.29, 1.82) is 0 Å². The molecule has 0 unspecified atom stereocenters. The second-order valence-corrected chi connectivity index (χ2v) is 7.55. The van der Waals surface area contributed by atoms with Gasteiger partial charge in [0.25, 0.3) is 0 Å². The van der Waals surface area contributed by atoms with Crippen molar-refractivity contribution in [1.82, 2.24) is 14.7 Å². The molecule has 5 N–H and O–H groups in total. The normalized spacial score (nSPS) is 11.0. The van der Waals surface area contributed by atoms with Gasteiger partial charge in [0.2, 0.25) is 5.91 Å². The van der Waals surface area contributed by atoms with E-state index in [1.54, 1.807) is 24.3 Å². The minimum Gasteiger partial charge on any atom is -0.497 e. The van der Waals surface area contributed by atoms with Crippen LogP contribution in [0.1, 0.15) is 0 Å². The molecule has 1 rings (SSSR count). The van der Waals surface area contributed by atoms with Gasteiger partial charge in [-0.15, -0.1) is 0 Å². The number of ether oxygens (including phenoxy) is 1. The Hall–Kier alpha value is -3.75. The molecule has 35 heavy (non-hydrogen) atoms. The molecule has 0 aliphatic heterocycles. The number of benzene rings is 1. The number of carboxylic acids is 4. The molecule has 0 aromatic heterocycles. The predicted octanol–water partition coefficient (Wildman–Crippen LogP) is -1.12. The molecule has 0 radical (unpaired) electrons. The molecule has 0 aliphatic carbocycles. The van der Waals surface area contributed by atoms with Crippen LogP contribution in [0, 0.1) is 0 Å². The zero-order valence-electron chi connectivity index (χ0n) is 19.3. The summed E-state index contributed by atoms with van der Waals surface area (Å²) in [5.41, 5.74) is 0.482. The smallest absolute Gasteiger partial charge is 0.317 e.